The number of aryl methyl sites for hydroxylation is 2. The Morgan fingerprint density at radius 1 is 1.40 bits per heavy atom. The fourth-order valence-corrected chi connectivity index (χ4v) is 2.45. The second kappa shape index (κ2) is 6.92. The van der Waals surface area contributed by atoms with Crippen molar-refractivity contribution in [1.29, 1.82) is 0 Å². The highest BCUT2D eigenvalue weighted by molar-refractivity contribution is 7.98. The normalized spacial score (nSPS) is 15.8. The third kappa shape index (κ3) is 4.67. The van der Waals surface area contributed by atoms with E-state index in [1.54, 1.807) is 11.8 Å². The van der Waals surface area contributed by atoms with Gasteiger partial charge in [-0.15, -0.1) is 0 Å². The zero-order chi connectivity index (χ0) is 14.5. The topological polar surface area (TPSA) is 66.9 Å². The summed E-state index contributed by atoms with van der Waals surface area (Å²) >= 11 is 1.74. The summed E-state index contributed by atoms with van der Waals surface area (Å²) < 4.78 is 0. The molecule has 5 nitrogen and oxygen atoms in total. The van der Waals surface area contributed by atoms with Gasteiger partial charge in [-0.3, -0.25) is 4.79 Å². The molecule has 1 amide bonds. The maximum Gasteiger partial charge on any atom is 0.242 e. The molecule has 2 N–H and O–H groups in total. The molecule has 1 unspecified atom stereocenters. The fourth-order valence-electron chi connectivity index (χ4n) is 1.98. The van der Waals surface area contributed by atoms with Gasteiger partial charge in [-0.2, -0.15) is 11.8 Å². The van der Waals surface area contributed by atoms with Gasteiger partial charge in [0.1, 0.15) is 6.04 Å². The smallest absolute Gasteiger partial charge is 0.242 e. The molecule has 1 aromatic rings. The molecule has 0 aromatic carbocycles. The van der Waals surface area contributed by atoms with Crippen molar-refractivity contribution in [2.45, 2.75) is 45.2 Å². The molecule has 110 valence electrons. The number of aromatic nitrogens is 2. The van der Waals surface area contributed by atoms with E-state index in [1.807, 2.05) is 26.2 Å². The second-order valence-corrected chi connectivity index (χ2v) is 6.22. The van der Waals surface area contributed by atoms with Crippen molar-refractivity contribution in [1.82, 2.24) is 15.3 Å². The SMILES string of the molecule is CSCCC(Nc1nc(C)cc(C)n1)C(=O)NC1CC1. The minimum atomic E-state index is -0.260. The third-order valence-corrected chi connectivity index (χ3v) is 3.78. The number of rotatable bonds is 7. The second-order valence-electron chi connectivity index (χ2n) is 5.24. The minimum Gasteiger partial charge on any atom is -0.352 e. The van der Waals surface area contributed by atoms with Gasteiger partial charge < -0.3 is 10.6 Å². The van der Waals surface area contributed by atoms with Crippen LogP contribution in [0.1, 0.15) is 30.7 Å². The standard InChI is InChI=1S/C14H22N4OS/c1-9-8-10(2)16-14(15-9)18-12(6-7-20-3)13(19)17-11-4-5-11/h8,11-12H,4-7H2,1-3H3,(H,17,19)(H,15,16,18). The highest BCUT2D eigenvalue weighted by Gasteiger charge is 2.27. The van der Waals surface area contributed by atoms with Crippen LogP contribution in [0.2, 0.25) is 0 Å². The summed E-state index contributed by atoms with van der Waals surface area (Å²) in [5, 5.41) is 6.23. The van der Waals surface area contributed by atoms with Crippen LogP contribution in [0.15, 0.2) is 6.07 Å². The highest BCUT2D eigenvalue weighted by atomic mass is 32.2. The van der Waals surface area contributed by atoms with Gasteiger partial charge >= 0.3 is 0 Å². The van der Waals surface area contributed by atoms with Gasteiger partial charge in [0.15, 0.2) is 0 Å². The van der Waals surface area contributed by atoms with E-state index in [0.717, 1.165) is 36.4 Å². The fraction of sp³-hybridized carbons (Fsp3) is 0.643. The molecule has 20 heavy (non-hydrogen) atoms. The summed E-state index contributed by atoms with van der Waals surface area (Å²) in [5.41, 5.74) is 1.82. The van der Waals surface area contributed by atoms with E-state index in [1.165, 1.54) is 0 Å². The number of thioether (sulfide) groups is 1. The molecule has 1 aromatic heterocycles. The van der Waals surface area contributed by atoms with Crippen LogP contribution in [0.25, 0.3) is 0 Å². The summed E-state index contributed by atoms with van der Waals surface area (Å²) in [6, 6.07) is 2.04. The van der Waals surface area contributed by atoms with Crippen LogP contribution in [0.4, 0.5) is 5.95 Å². The predicted octanol–water partition coefficient (Wildman–Crippen LogP) is 1.91. The molecule has 0 aliphatic heterocycles. The predicted molar refractivity (Wildman–Crippen MR) is 83.1 cm³/mol. The van der Waals surface area contributed by atoms with Gasteiger partial charge in [-0.25, -0.2) is 9.97 Å². The number of carbonyl (C=O) groups excluding carboxylic acids is 1. The summed E-state index contributed by atoms with van der Waals surface area (Å²) in [4.78, 5) is 20.9. The lowest BCUT2D eigenvalue weighted by atomic mass is 10.2. The zero-order valence-corrected chi connectivity index (χ0v) is 13.1. The molecular weight excluding hydrogens is 272 g/mol. The maximum atomic E-state index is 12.2. The molecule has 1 heterocycles. The van der Waals surface area contributed by atoms with Crippen LogP contribution in [0, 0.1) is 13.8 Å². The maximum absolute atomic E-state index is 12.2. The van der Waals surface area contributed by atoms with Crippen LogP contribution in [0.3, 0.4) is 0 Å². The molecule has 1 saturated carbocycles. The van der Waals surface area contributed by atoms with Crippen molar-refractivity contribution in [3.05, 3.63) is 17.5 Å². The van der Waals surface area contributed by atoms with Crippen LogP contribution in [0.5, 0.6) is 0 Å². The lowest BCUT2D eigenvalue weighted by Crippen LogP contribution is -2.41. The van der Waals surface area contributed by atoms with E-state index in [9.17, 15) is 4.79 Å². The van der Waals surface area contributed by atoms with Crippen LogP contribution >= 0.6 is 11.8 Å². The molecule has 1 atom stereocenters. The number of nitrogens with one attached hydrogen (secondary N) is 2. The summed E-state index contributed by atoms with van der Waals surface area (Å²) in [5.74, 6) is 1.53. The molecule has 1 fully saturated rings. The number of amides is 1. The van der Waals surface area contributed by atoms with Crippen molar-refractivity contribution >= 4 is 23.6 Å². The minimum absolute atomic E-state index is 0.0595. The van der Waals surface area contributed by atoms with Crippen molar-refractivity contribution in [2.75, 3.05) is 17.3 Å². The Bertz CT molecular complexity index is 456. The van der Waals surface area contributed by atoms with Crippen molar-refractivity contribution in [2.24, 2.45) is 0 Å². The first-order chi connectivity index (χ1) is 9.58. The van der Waals surface area contributed by atoms with E-state index in [0.29, 0.717) is 12.0 Å². The highest BCUT2D eigenvalue weighted by Crippen LogP contribution is 2.19. The van der Waals surface area contributed by atoms with Gasteiger partial charge in [0, 0.05) is 17.4 Å². The molecule has 1 aliphatic carbocycles. The Balaban J connectivity index is 2.02. The number of hydrogen-bond acceptors (Lipinski definition) is 5. The molecule has 1 aliphatic rings. The third-order valence-electron chi connectivity index (χ3n) is 3.14. The Labute approximate surface area is 124 Å². The Hall–Kier alpha value is -1.30. The average Bonchev–Trinajstić information content (AvgIpc) is 3.17. The van der Waals surface area contributed by atoms with E-state index in [4.69, 9.17) is 0 Å². The first kappa shape index (κ1) is 15.1. The van der Waals surface area contributed by atoms with E-state index < -0.39 is 0 Å². The largest absolute Gasteiger partial charge is 0.352 e. The Kier molecular flexibility index (Phi) is 5.23. The lowest BCUT2D eigenvalue weighted by molar-refractivity contribution is -0.122. The zero-order valence-electron chi connectivity index (χ0n) is 12.3. The summed E-state index contributed by atoms with van der Waals surface area (Å²) in [7, 11) is 0. The monoisotopic (exact) mass is 294 g/mol. The molecule has 6 heteroatoms. The molecular formula is C14H22N4OS. The molecule has 2 rings (SSSR count). The first-order valence-electron chi connectivity index (χ1n) is 6.96. The molecule has 0 radical (unpaired) electrons. The number of nitrogens with zero attached hydrogens (tertiary/aromatic N) is 2. The average molecular weight is 294 g/mol. The lowest BCUT2D eigenvalue weighted by Gasteiger charge is -2.18. The van der Waals surface area contributed by atoms with Crippen molar-refractivity contribution in [3.8, 4) is 0 Å². The van der Waals surface area contributed by atoms with Gasteiger partial charge in [-0.1, -0.05) is 0 Å². The Morgan fingerprint density at radius 2 is 2.05 bits per heavy atom. The molecule has 0 saturated heterocycles. The first-order valence-corrected chi connectivity index (χ1v) is 8.36. The summed E-state index contributed by atoms with van der Waals surface area (Å²) in [6.07, 6.45) is 5.02. The summed E-state index contributed by atoms with van der Waals surface area (Å²) in [6.45, 7) is 3.86. The van der Waals surface area contributed by atoms with Gasteiger partial charge in [0.2, 0.25) is 11.9 Å². The van der Waals surface area contributed by atoms with E-state index in [-0.39, 0.29) is 11.9 Å². The van der Waals surface area contributed by atoms with Crippen molar-refractivity contribution in [3.63, 3.8) is 0 Å². The van der Waals surface area contributed by atoms with Gasteiger partial charge in [0.05, 0.1) is 0 Å². The van der Waals surface area contributed by atoms with Crippen LogP contribution in [-0.4, -0.2) is 40.0 Å². The van der Waals surface area contributed by atoms with E-state index in [2.05, 4.69) is 20.6 Å². The Morgan fingerprint density at radius 3 is 2.60 bits per heavy atom. The molecule has 0 spiro atoms. The van der Waals surface area contributed by atoms with E-state index >= 15 is 0 Å². The van der Waals surface area contributed by atoms with Crippen LogP contribution in [-0.2, 0) is 4.79 Å². The number of carbonyl (C=O) groups is 1. The van der Waals surface area contributed by atoms with Gasteiger partial charge in [-0.05, 0) is 51.2 Å². The molecule has 0 bridgehead atoms. The van der Waals surface area contributed by atoms with Crippen LogP contribution < -0.4 is 10.6 Å². The van der Waals surface area contributed by atoms with Gasteiger partial charge in [0.25, 0.3) is 0 Å². The number of hydrogen-bond donors (Lipinski definition) is 2. The van der Waals surface area contributed by atoms with Crippen molar-refractivity contribution < 1.29 is 4.79 Å². The number of anilines is 1. The quantitative estimate of drug-likeness (QED) is 0.804.